The van der Waals surface area contributed by atoms with Crippen molar-refractivity contribution >= 4 is 5.97 Å². The van der Waals surface area contributed by atoms with Gasteiger partial charge in [0.25, 0.3) is 0 Å². The van der Waals surface area contributed by atoms with Gasteiger partial charge in [0.1, 0.15) is 0 Å². The quantitative estimate of drug-likeness (QED) is 0.681. The van der Waals surface area contributed by atoms with E-state index in [0.717, 1.165) is 45.4 Å². The highest BCUT2D eigenvalue weighted by Crippen LogP contribution is 2.71. The molecule has 0 amide bonds. The Morgan fingerprint density at radius 2 is 1.55 bits per heavy atom. The Labute approximate surface area is 197 Å². The van der Waals surface area contributed by atoms with Crippen LogP contribution in [0.3, 0.4) is 0 Å². The number of likely N-dealkylation sites (tertiary alicyclic amines) is 1. The molecule has 6 fully saturated rings. The van der Waals surface area contributed by atoms with Gasteiger partial charge in [0.15, 0.2) is 0 Å². The van der Waals surface area contributed by atoms with Gasteiger partial charge < -0.3 is 10.0 Å². The van der Waals surface area contributed by atoms with Crippen molar-refractivity contribution in [2.24, 2.45) is 11.8 Å². The van der Waals surface area contributed by atoms with Crippen LogP contribution >= 0.6 is 0 Å². The molecule has 8 rings (SSSR count). The largest absolute Gasteiger partial charge is 0.481 e. The molecule has 4 bridgehead atoms. The minimum Gasteiger partial charge on any atom is -0.481 e. The van der Waals surface area contributed by atoms with Crippen LogP contribution in [0, 0.1) is 11.8 Å². The van der Waals surface area contributed by atoms with Gasteiger partial charge in [-0.1, -0.05) is 60.7 Å². The molecule has 4 heteroatoms. The van der Waals surface area contributed by atoms with Gasteiger partial charge in [-0.25, -0.2) is 0 Å². The number of piperidine rings is 3. The summed E-state index contributed by atoms with van der Waals surface area (Å²) in [6, 6.07) is 23.3. The Hall–Kier alpha value is -2.17. The Kier molecular flexibility index (Phi) is 5.34. The van der Waals surface area contributed by atoms with Crippen LogP contribution in [0.2, 0.25) is 0 Å². The molecule has 3 saturated heterocycles. The van der Waals surface area contributed by atoms with Gasteiger partial charge in [0.2, 0.25) is 0 Å². The molecule has 1 N–H and O–H groups in total. The van der Waals surface area contributed by atoms with E-state index in [-0.39, 0.29) is 5.92 Å². The van der Waals surface area contributed by atoms with Crippen LogP contribution in [-0.2, 0) is 15.6 Å². The first-order valence-electron chi connectivity index (χ1n) is 12.9. The molecule has 3 aliphatic heterocycles. The standard InChI is InChI=1S/C29H36N2O2/c32-27(33)22-9-7-14-30(19-22)15-8-16-31-20-26-28(23-10-3-1-4-11-23)17-25(31)18-29(26,21-28)24-12-5-2-6-13-24/h1-6,10-13,22,25-26H,7-9,14-21H2,(H,32,33). The molecular weight excluding hydrogens is 408 g/mol. The molecular formula is C29H36N2O2. The van der Waals surface area contributed by atoms with Crippen molar-refractivity contribution < 1.29 is 9.90 Å². The molecule has 0 spiro atoms. The normalized spacial score (nSPS) is 35.8. The van der Waals surface area contributed by atoms with Gasteiger partial charge in [-0.05, 0) is 75.2 Å². The molecule has 33 heavy (non-hydrogen) atoms. The van der Waals surface area contributed by atoms with E-state index < -0.39 is 5.97 Å². The first kappa shape index (κ1) is 21.4. The molecule has 2 aromatic carbocycles. The summed E-state index contributed by atoms with van der Waals surface area (Å²) in [7, 11) is 0. The van der Waals surface area contributed by atoms with Crippen molar-refractivity contribution in [3.8, 4) is 0 Å². The number of carboxylic acids is 1. The predicted molar refractivity (Wildman–Crippen MR) is 130 cm³/mol. The second-order valence-electron chi connectivity index (χ2n) is 11.2. The lowest BCUT2D eigenvalue weighted by molar-refractivity contribution is -0.162. The number of benzene rings is 2. The lowest BCUT2D eigenvalue weighted by Crippen LogP contribution is -2.76. The predicted octanol–water partition coefficient (Wildman–Crippen LogP) is 4.55. The number of fused-ring (bicyclic) bond motifs is 1. The lowest BCUT2D eigenvalue weighted by Gasteiger charge is -2.75. The van der Waals surface area contributed by atoms with E-state index in [4.69, 9.17) is 0 Å². The average Bonchev–Trinajstić information content (AvgIpc) is 2.86. The van der Waals surface area contributed by atoms with Gasteiger partial charge in [0.05, 0.1) is 5.92 Å². The highest BCUT2D eigenvalue weighted by Gasteiger charge is 2.71. The zero-order valence-electron chi connectivity index (χ0n) is 19.5. The topological polar surface area (TPSA) is 43.8 Å². The molecule has 0 radical (unpaired) electrons. The first-order valence-corrected chi connectivity index (χ1v) is 12.9. The summed E-state index contributed by atoms with van der Waals surface area (Å²) in [5.74, 6) is -0.107. The summed E-state index contributed by atoms with van der Waals surface area (Å²) >= 11 is 0. The number of rotatable bonds is 7. The summed E-state index contributed by atoms with van der Waals surface area (Å²) in [6.07, 6.45) is 6.89. The fourth-order valence-corrected chi connectivity index (χ4v) is 8.15. The van der Waals surface area contributed by atoms with Gasteiger partial charge in [0, 0.05) is 30.0 Å². The molecule has 2 aromatic rings. The van der Waals surface area contributed by atoms with Crippen LogP contribution in [-0.4, -0.2) is 59.6 Å². The zero-order chi connectivity index (χ0) is 22.5. The van der Waals surface area contributed by atoms with Crippen molar-refractivity contribution in [1.82, 2.24) is 9.80 Å². The maximum atomic E-state index is 11.4. The van der Waals surface area contributed by atoms with Gasteiger partial charge in [-0.2, -0.15) is 0 Å². The van der Waals surface area contributed by atoms with Crippen molar-refractivity contribution in [3.05, 3.63) is 71.8 Å². The summed E-state index contributed by atoms with van der Waals surface area (Å²) in [5, 5.41) is 9.39. The van der Waals surface area contributed by atoms with E-state index in [1.54, 1.807) is 11.1 Å². The molecule has 174 valence electrons. The SMILES string of the molecule is O=C(O)C1CCCN(CCCN2CC3C4(c5ccccc5)CC2CC3(c2ccccc2)C4)C1. The van der Waals surface area contributed by atoms with Crippen LogP contribution in [0.1, 0.15) is 49.7 Å². The minimum absolute atomic E-state index is 0.173. The number of hydrogen-bond acceptors (Lipinski definition) is 3. The van der Waals surface area contributed by atoms with Crippen molar-refractivity contribution in [2.45, 2.75) is 55.4 Å². The van der Waals surface area contributed by atoms with E-state index in [1.165, 1.54) is 25.8 Å². The number of aliphatic carboxylic acids is 1. The monoisotopic (exact) mass is 444 g/mol. The highest BCUT2D eigenvalue weighted by atomic mass is 16.4. The Morgan fingerprint density at radius 1 is 0.909 bits per heavy atom. The second kappa shape index (κ2) is 8.25. The van der Waals surface area contributed by atoms with E-state index >= 15 is 0 Å². The molecule has 3 unspecified atom stereocenters. The fourth-order valence-electron chi connectivity index (χ4n) is 8.15. The van der Waals surface area contributed by atoms with Gasteiger partial charge in [-0.3, -0.25) is 9.69 Å². The molecule has 4 nitrogen and oxygen atoms in total. The molecule has 3 saturated carbocycles. The highest BCUT2D eigenvalue weighted by molar-refractivity contribution is 5.70. The number of nitrogens with zero attached hydrogens (tertiary/aromatic N) is 2. The average molecular weight is 445 g/mol. The van der Waals surface area contributed by atoms with E-state index in [9.17, 15) is 9.90 Å². The Balaban J connectivity index is 1.16. The first-order chi connectivity index (χ1) is 16.1. The van der Waals surface area contributed by atoms with Crippen LogP contribution in [0.4, 0.5) is 0 Å². The van der Waals surface area contributed by atoms with Crippen molar-refractivity contribution in [3.63, 3.8) is 0 Å². The number of carboxylic acid groups (broad SMARTS) is 1. The van der Waals surface area contributed by atoms with Crippen molar-refractivity contribution in [2.75, 3.05) is 32.7 Å². The molecule has 3 atom stereocenters. The van der Waals surface area contributed by atoms with Crippen LogP contribution < -0.4 is 0 Å². The minimum atomic E-state index is -0.621. The molecule has 6 aliphatic rings. The van der Waals surface area contributed by atoms with Crippen molar-refractivity contribution in [1.29, 1.82) is 0 Å². The van der Waals surface area contributed by atoms with Gasteiger partial charge in [-0.15, -0.1) is 0 Å². The Bertz CT molecular complexity index is 940. The third-order valence-corrected chi connectivity index (χ3v) is 9.57. The van der Waals surface area contributed by atoms with Crippen LogP contribution in [0.25, 0.3) is 0 Å². The van der Waals surface area contributed by atoms with E-state index in [0.29, 0.717) is 22.8 Å². The fraction of sp³-hybridized carbons (Fsp3) is 0.552. The van der Waals surface area contributed by atoms with Gasteiger partial charge >= 0.3 is 5.97 Å². The summed E-state index contributed by atoms with van der Waals surface area (Å²) < 4.78 is 0. The summed E-state index contributed by atoms with van der Waals surface area (Å²) in [4.78, 5) is 16.6. The third kappa shape index (κ3) is 3.45. The van der Waals surface area contributed by atoms with Crippen LogP contribution in [0.15, 0.2) is 60.7 Å². The lowest BCUT2D eigenvalue weighted by atomic mass is 9.33. The summed E-state index contributed by atoms with van der Waals surface area (Å²) in [6.45, 7) is 5.17. The van der Waals surface area contributed by atoms with Crippen LogP contribution in [0.5, 0.6) is 0 Å². The summed E-state index contributed by atoms with van der Waals surface area (Å²) in [5.41, 5.74) is 3.80. The molecule has 3 aliphatic carbocycles. The second-order valence-corrected chi connectivity index (χ2v) is 11.2. The smallest absolute Gasteiger partial charge is 0.307 e. The maximum absolute atomic E-state index is 11.4. The maximum Gasteiger partial charge on any atom is 0.307 e. The van der Waals surface area contributed by atoms with E-state index in [2.05, 4.69) is 70.5 Å². The molecule has 3 heterocycles. The Morgan fingerprint density at radius 3 is 2.12 bits per heavy atom. The molecule has 0 aromatic heterocycles. The number of hydrogen-bond donors (Lipinski definition) is 1. The zero-order valence-corrected chi connectivity index (χ0v) is 19.5. The van der Waals surface area contributed by atoms with E-state index in [1.807, 2.05) is 0 Å². The third-order valence-electron chi connectivity index (χ3n) is 9.57. The number of carbonyl (C=O) groups is 1.